The molecule has 5 heteroatoms. The third kappa shape index (κ3) is 3.64. The standard InChI is InChI=1S/C15H29N3O2/c1-14(2)5-8-18(12-14)13(16-3)17-11-15(19-4)6-9-20-10-7-15/h5-12H2,1-4H3,(H,16,17). The maximum absolute atomic E-state index is 5.76. The molecule has 0 aliphatic carbocycles. The monoisotopic (exact) mass is 283 g/mol. The van der Waals surface area contributed by atoms with Gasteiger partial charge in [0.25, 0.3) is 0 Å². The van der Waals surface area contributed by atoms with Crippen molar-refractivity contribution < 1.29 is 9.47 Å². The summed E-state index contributed by atoms with van der Waals surface area (Å²) in [7, 11) is 3.66. The Kier molecular flexibility index (Phi) is 4.91. The Balaban J connectivity index is 1.91. The second-order valence-corrected chi connectivity index (χ2v) is 6.74. The zero-order valence-corrected chi connectivity index (χ0v) is 13.4. The Bertz CT molecular complexity index is 349. The van der Waals surface area contributed by atoms with E-state index in [1.54, 1.807) is 7.11 Å². The lowest BCUT2D eigenvalue weighted by Crippen LogP contribution is -2.51. The van der Waals surface area contributed by atoms with E-state index < -0.39 is 0 Å². The summed E-state index contributed by atoms with van der Waals surface area (Å²) in [6.45, 7) is 9.14. The van der Waals surface area contributed by atoms with Gasteiger partial charge in [0, 0.05) is 59.8 Å². The second-order valence-electron chi connectivity index (χ2n) is 6.74. The summed E-state index contributed by atoms with van der Waals surface area (Å²) in [6, 6.07) is 0. The minimum Gasteiger partial charge on any atom is -0.381 e. The highest BCUT2D eigenvalue weighted by Gasteiger charge is 2.35. The van der Waals surface area contributed by atoms with Gasteiger partial charge in [-0.05, 0) is 11.8 Å². The van der Waals surface area contributed by atoms with Gasteiger partial charge in [-0.15, -0.1) is 0 Å². The first kappa shape index (κ1) is 15.6. The zero-order chi connectivity index (χ0) is 14.6. The van der Waals surface area contributed by atoms with Crippen LogP contribution in [0.2, 0.25) is 0 Å². The molecule has 2 rings (SSSR count). The van der Waals surface area contributed by atoms with E-state index in [1.165, 1.54) is 6.42 Å². The first-order chi connectivity index (χ1) is 9.50. The molecule has 2 saturated heterocycles. The van der Waals surface area contributed by atoms with Crippen LogP contribution in [0.1, 0.15) is 33.1 Å². The van der Waals surface area contributed by atoms with Gasteiger partial charge >= 0.3 is 0 Å². The minimum absolute atomic E-state index is 0.108. The van der Waals surface area contributed by atoms with Crippen LogP contribution < -0.4 is 5.32 Å². The van der Waals surface area contributed by atoms with Crippen LogP contribution in [0.3, 0.4) is 0 Å². The average molecular weight is 283 g/mol. The molecule has 0 saturated carbocycles. The van der Waals surface area contributed by atoms with E-state index in [9.17, 15) is 0 Å². The Morgan fingerprint density at radius 1 is 1.30 bits per heavy atom. The molecule has 1 N–H and O–H groups in total. The van der Waals surface area contributed by atoms with Gasteiger partial charge in [0.05, 0.1) is 5.60 Å². The molecule has 2 heterocycles. The number of aliphatic imine (C=N–C) groups is 1. The van der Waals surface area contributed by atoms with E-state index in [0.717, 1.165) is 51.6 Å². The molecule has 0 aromatic rings. The highest BCUT2D eigenvalue weighted by molar-refractivity contribution is 5.80. The lowest BCUT2D eigenvalue weighted by molar-refractivity contribution is -0.0857. The van der Waals surface area contributed by atoms with Crippen molar-refractivity contribution >= 4 is 5.96 Å². The van der Waals surface area contributed by atoms with Crippen molar-refractivity contribution in [2.45, 2.75) is 38.7 Å². The summed E-state index contributed by atoms with van der Waals surface area (Å²) >= 11 is 0. The zero-order valence-electron chi connectivity index (χ0n) is 13.4. The number of guanidine groups is 1. The summed E-state index contributed by atoms with van der Waals surface area (Å²) in [4.78, 5) is 6.78. The summed E-state index contributed by atoms with van der Waals surface area (Å²) in [5.41, 5.74) is 0.276. The summed E-state index contributed by atoms with van der Waals surface area (Å²) in [6.07, 6.45) is 3.11. The second kappa shape index (κ2) is 6.31. The largest absolute Gasteiger partial charge is 0.381 e. The van der Waals surface area contributed by atoms with Gasteiger partial charge in [-0.25, -0.2) is 0 Å². The lowest BCUT2D eigenvalue weighted by atomic mass is 9.93. The van der Waals surface area contributed by atoms with Gasteiger partial charge in [-0.1, -0.05) is 13.8 Å². The molecule has 20 heavy (non-hydrogen) atoms. The first-order valence-electron chi connectivity index (χ1n) is 7.59. The average Bonchev–Trinajstić information content (AvgIpc) is 2.81. The van der Waals surface area contributed by atoms with Crippen molar-refractivity contribution in [1.29, 1.82) is 0 Å². The molecule has 2 aliphatic rings. The van der Waals surface area contributed by atoms with Gasteiger partial charge in [0.2, 0.25) is 0 Å². The Morgan fingerprint density at radius 2 is 2.00 bits per heavy atom. The van der Waals surface area contributed by atoms with Crippen molar-refractivity contribution in [3.8, 4) is 0 Å². The molecule has 0 amide bonds. The van der Waals surface area contributed by atoms with Crippen LogP contribution in [-0.2, 0) is 9.47 Å². The van der Waals surface area contributed by atoms with E-state index in [2.05, 4.69) is 29.1 Å². The van der Waals surface area contributed by atoms with Gasteiger partial charge in [-0.2, -0.15) is 0 Å². The Hall–Kier alpha value is -0.810. The normalized spacial score (nSPS) is 25.8. The molecule has 2 fully saturated rings. The quantitative estimate of drug-likeness (QED) is 0.630. The van der Waals surface area contributed by atoms with E-state index >= 15 is 0 Å². The fourth-order valence-corrected chi connectivity index (χ4v) is 3.06. The smallest absolute Gasteiger partial charge is 0.193 e. The van der Waals surface area contributed by atoms with Crippen LogP contribution in [0.5, 0.6) is 0 Å². The van der Waals surface area contributed by atoms with Gasteiger partial charge in [0.15, 0.2) is 5.96 Å². The fourth-order valence-electron chi connectivity index (χ4n) is 3.06. The molecule has 2 aliphatic heterocycles. The van der Waals surface area contributed by atoms with Gasteiger partial charge in [-0.3, -0.25) is 4.99 Å². The number of ether oxygens (including phenoxy) is 2. The molecular weight excluding hydrogens is 254 g/mol. The van der Waals surface area contributed by atoms with Crippen LogP contribution in [0.15, 0.2) is 4.99 Å². The fraction of sp³-hybridized carbons (Fsp3) is 0.933. The third-order valence-electron chi connectivity index (χ3n) is 4.59. The van der Waals surface area contributed by atoms with E-state index in [4.69, 9.17) is 9.47 Å². The number of hydrogen-bond donors (Lipinski definition) is 1. The molecular formula is C15H29N3O2. The molecule has 0 unspecified atom stereocenters. The van der Waals surface area contributed by atoms with Gasteiger partial charge < -0.3 is 19.7 Å². The van der Waals surface area contributed by atoms with Crippen molar-refractivity contribution in [2.75, 3.05) is 47.0 Å². The molecule has 0 radical (unpaired) electrons. The third-order valence-corrected chi connectivity index (χ3v) is 4.59. The van der Waals surface area contributed by atoms with Crippen molar-refractivity contribution in [3.63, 3.8) is 0 Å². The molecule has 0 atom stereocenters. The van der Waals surface area contributed by atoms with E-state index in [-0.39, 0.29) is 5.60 Å². The lowest BCUT2D eigenvalue weighted by Gasteiger charge is -2.37. The summed E-state index contributed by atoms with van der Waals surface area (Å²) in [5, 5.41) is 3.51. The molecule has 116 valence electrons. The predicted molar refractivity (Wildman–Crippen MR) is 81.1 cm³/mol. The molecule has 5 nitrogen and oxygen atoms in total. The van der Waals surface area contributed by atoms with Crippen molar-refractivity contribution in [2.24, 2.45) is 10.4 Å². The highest BCUT2D eigenvalue weighted by Crippen LogP contribution is 2.29. The number of nitrogens with zero attached hydrogens (tertiary/aromatic N) is 2. The van der Waals surface area contributed by atoms with Crippen molar-refractivity contribution in [3.05, 3.63) is 0 Å². The van der Waals surface area contributed by atoms with E-state index in [0.29, 0.717) is 5.41 Å². The predicted octanol–water partition coefficient (Wildman–Crippen LogP) is 1.49. The number of rotatable bonds is 3. The van der Waals surface area contributed by atoms with Crippen LogP contribution in [0.4, 0.5) is 0 Å². The molecule has 0 aromatic heterocycles. The number of methoxy groups -OCH3 is 1. The Labute approximate surface area is 122 Å². The van der Waals surface area contributed by atoms with Crippen molar-refractivity contribution in [1.82, 2.24) is 10.2 Å². The van der Waals surface area contributed by atoms with Gasteiger partial charge in [0.1, 0.15) is 0 Å². The topological polar surface area (TPSA) is 46.1 Å². The summed E-state index contributed by atoms with van der Waals surface area (Å²) in [5.74, 6) is 0.999. The summed E-state index contributed by atoms with van der Waals surface area (Å²) < 4.78 is 11.2. The molecule has 0 spiro atoms. The molecule has 0 bridgehead atoms. The Morgan fingerprint density at radius 3 is 2.50 bits per heavy atom. The van der Waals surface area contributed by atoms with Crippen LogP contribution in [0.25, 0.3) is 0 Å². The van der Waals surface area contributed by atoms with E-state index in [1.807, 2.05) is 7.05 Å². The van der Waals surface area contributed by atoms with Crippen LogP contribution in [-0.4, -0.2) is 63.5 Å². The minimum atomic E-state index is -0.108. The first-order valence-corrected chi connectivity index (χ1v) is 7.59. The number of nitrogens with one attached hydrogen (secondary N) is 1. The number of hydrogen-bond acceptors (Lipinski definition) is 3. The maximum atomic E-state index is 5.76. The van der Waals surface area contributed by atoms with Crippen LogP contribution >= 0.6 is 0 Å². The number of likely N-dealkylation sites (tertiary alicyclic amines) is 1. The molecule has 0 aromatic carbocycles. The van der Waals surface area contributed by atoms with Crippen LogP contribution in [0, 0.1) is 5.41 Å². The SMILES string of the molecule is CN=C(NCC1(OC)CCOCC1)N1CCC(C)(C)C1. The maximum Gasteiger partial charge on any atom is 0.193 e. The highest BCUT2D eigenvalue weighted by atomic mass is 16.5.